The fraction of sp³-hybridized carbons (Fsp3) is 0.350. The van der Waals surface area contributed by atoms with Crippen molar-refractivity contribution >= 4 is 22.6 Å². The molecule has 26 heavy (non-hydrogen) atoms. The van der Waals surface area contributed by atoms with E-state index in [-0.39, 0.29) is 5.91 Å². The van der Waals surface area contributed by atoms with E-state index in [0.29, 0.717) is 18.1 Å². The molecule has 1 aliphatic rings. The molecule has 0 spiro atoms. The van der Waals surface area contributed by atoms with E-state index in [0.717, 1.165) is 37.0 Å². The molecule has 1 saturated heterocycles. The molecule has 2 N–H and O–H groups in total. The van der Waals surface area contributed by atoms with Gasteiger partial charge >= 0.3 is 0 Å². The molecular weight excluding hydrogens is 326 g/mol. The summed E-state index contributed by atoms with van der Waals surface area (Å²) in [6, 6.07) is 6.39. The van der Waals surface area contributed by atoms with Gasteiger partial charge in [-0.3, -0.25) is 9.78 Å². The molecule has 1 amide bonds. The Balaban J connectivity index is 1.48. The first-order valence-electron chi connectivity index (χ1n) is 9.05. The lowest BCUT2D eigenvalue weighted by atomic mass is 10.1. The number of nitrogens with one attached hydrogen (secondary N) is 2. The fourth-order valence-electron chi connectivity index (χ4n) is 3.45. The highest BCUT2D eigenvalue weighted by atomic mass is 16.2. The molecule has 6 heteroatoms. The maximum absolute atomic E-state index is 12.5. The van der Waals surface area contributed by atoms with Crippen LogP contribution in [0.4, 0.5) is 5.82 Å². The lowest BCUT2D eigenvalue weighted by molar-refractivity contribution is 0.0786. The van der Waals surface area contributed by atoms with E-state index < -0.39 is 0 Å². The molecular formula is C20H23N5O. The summed E-state index contributed by atoms with van der Waals surface area (Å²) in [5.74, 6) is 0.593. The summed E-state index contributed by atoms with van der Waals surface area (Å²) < 4.78 is 0. The lowest BCUT2D eigenvalue weighted by Gasteiger charge is -2.14. The molecule has 3 heterocycles. The third-order valence-corrected chi connectivity index (χ3v) is 5.09. The second-order valence-corrected chi connectivity index (χ2v) is 6.90. The number of H-pyrrole nitrogens is 1. The SMILES string of the molecule is Cc1[nH]c2ccc(CNc3cncc(C(=O)N4CCCC4)n3)cc2c1C. The van der Waals surface area contributed by atoms with Crippen molar-refractivity contribution in [3.8, 4) is 0 Å². The van der Waals surface area contributed by atoms with Crippen LogP contribution in [0.5, 0.6) is 0 Å². The Labute approximate surface area is 152 Å². The predicted octanol–water partition coefficient (Wildman–Crippen LogP) is 3.42. The molecule has 0 unspecified atom stereocenters. The standard InChI is InChI=1S/C20H23N5O/c1-13-14(2)23-17-6-5-15(9-16(13)17)10-22-19-12-21-11-18(24-19)20(26)25-7-3-4-8-25/h5-6,9,11-12,23H,3-4,7-8,10H2,1-2H3,(H,22,24). The number of anilines is 1. The summed E-state index contributed by atoms with van der Waals surface area (Å²) >= 11 is 0. The number of aromatic amines is 1. The molecule has 0 atom stereocenters. The van der Waals surface area contributed by atoms with E-state index in [9.17, 15) is 4.79 Å². The van der Waals surface area contributed by atoms with Crippen molar-refractivity contribution in [2.24, 2.45) is 0 Å². The first-order chi connectivity index (χ1) is 12.6. The number of fused-ring (bicyclic) bond motifs is 1. The van der Waals surface area contributed by atoms with Crippen LogP contribution in [-0.2, 0) is 6.54 Å². The van der Waals surface area contributed by atoms with E-state index in [1.165, 1.54) is 16.6 Å². The van der Waals surface area contributed by atoms with Gasteiger partial charge in [0.05, 0.1) is 12.4 Å². The van der Waals surface area contributed by atoms with Gasteiger partial charge < -0.3 is 15.2 Å². The quantitative estimate of drug-likeness (QED) is 0.757. The number of amides is 1. The number of carbonyl (C=O) groups is 1. The molecule has 3 aromatic rings. The molecule has 1 fully saturated rings. The molecule has 134 valence electrons. The van der Waals surface area contributed by atoms with Crippen LogP contribution in [0.2, 0.25) is 0 Å². The van der Waals surface area contributed by atoms with Gasteiger partial charge in [0.15, 0.2) is 0 Å². The van der Waals surface area contributed by atoms with E-state index in [1.54, 1.807) is 12.4 Å². The number of carbonyl (C=O) groups excluding carboxylic acids is 1. The molecule has 0 bridgehead atoms. The van der Waals surface area contributed by atoms with E-state index in [2.05, 4.69) is 52.3 Å². The number of hydrogen-bond donors (Lipinski definition) is 2. The summed E-state index contributed by atoms with van der Waals surface area (Å²) in [6.07, 6.45) is 5.34. The van der Waals surface area contributed by atoms with Crippen LogP contribution >= 0.6 is 0 Å². The number of benzene rings is 1. The molecule has 0 aliphatic carbocycles. The van der Waals surface area contributed by atoms with E-state index in [1.807, 2.05) is 4.90 Å². The average molecular weight is 349 g/mol. The van der Waals surface area contributed by atoms with Crippen LogP contribution in [0, 0.1) is 13.8 Å². The van der Waals surface area contributed by atoms with Gasteiger partial charge in [-0.15, -0.1) is 0 Å². The van der Waals surface area contributed by atoms with Crippen molar-refractivity contribution in [2.45, 2.75) is 33.2 Å². The van der Waals surface area contributed by atoms with Crippen molar-refractivity contribution < 1.29 is 4.79 Å². The number of nitrogens with zero attached hydrogens (tertiary/aromatic N) is 3. The second kappa shape index (κ2) is 6.78. The normalized spacial score (nSPS) is 14.2. The zero-order chi connectivity index (χ0) is 18.1. The summed E-state index contributed by atoms with van der Waals surface area (Å²) in [4.78, 5) is 26.3. The molecule has 1 aliphatic heterocycles. The highest BCUT2D eigenvalue weighted by molar-refractivity contribution is 5.92. The van der Waals surface area contributed by atoms with Crippen LogP contribution in [0.25, 0.3) is 10.9 Å². The number of rotatable bonds is 4. The summed E-state index contributed by atoms with van der Waals surface area (Å²) in [5.41, 5.74) is 5.20. The maximum atomic E-state index is 12.5. The van der Waals surface area contributed by atoms with Crippen molar-refractivity contribution in [2.75, 3.05) is 18.4 Å². The molecule has 1 aromatic carbocycles. The summed E-state index contributed by atoms with van der Waals surface area (Å²) in [5, 5.41) is 4.52. The third-order valence-electron chi connectivity index (χ3n) is 5.09. The average Bonchev–Trinajstić information content (AvgIpc) is 3.29. The Hall–Kier alpha value is -2.89. The van der Waals surface area contributed by atoms with Crippen LogP contribution in [0.15, 0.2) is 30.6 Å². The zero-order valence-corrected chi connectivity index (χ0v) is 15.2. The largest absolute Gasteiger partial charge is 0.365 e. The number of aromatic nitrogens is 3. The highest BCUT2D eigenvalue weighted by Gasteiger charge is 2.21. The van der Waals surface area contributed by atoms with Gasteiger partial charge in [0, 0.05) is 36.2 Å². The Morgan fingerprint density at radius 1 is 1.23 bits per heavy atom. The van der Waals surface area contributed by atoms with Crippen molar-refractivity contribution in [3.05, 3.63) is 53.1 Å². The van der Waals surface area contributed by atoms with Gasteiger partial charge in [-0.05, 0) is 49.9 Å². The van der Waals surface area contributed by atoms with Gasteiger partial charge in [-0.25, -0.2) is 4.98 Å². The van der Waals surface area contributed by atoms with Crippen molar-refractivity contribution in [3.63, 3.8) is 0 Å². The molecule has 4 rings (SSSR count). The van der Waals surface area contributed by atoms with Gasteiger partial charge in [-0.2, -0.15) is 0 Å². The summed E-state index contributed by atoms with van der Waals surface area (Å²) in [7, 11) is 0. The Kier molecular flexibility index (Phi) is 4.32. The Morgan fingerprint density at radius 2 is 2.04 bits per heavy atom. The Bertz CT molecular complexity index is 956. The van der Waals surface area contributed by atoms with Gasteiger partial charge in [-0.1, -0.05) is 6.07 Å². The fourth-order valence-corrected chi connectivity index (χ4v) is 3.45. The van der Waals surface area contributed by atoms with Crippen LogP contribution in [0.1, 0.15) is 40.2 Å². The van der Waals surface area contributed by atoms with Crippen LogP contribution < -0.4 is 5.32 Å². The molecule has 2 aromatic heterocycles. The highest BCUT2D eigenvalue weighted by Crippen LogP contribution is 2.22. The maximum Gasteiger partial charge on any atom is 0.274 e. The van der Waals surface area contributed by atoms with E-state index >= 15 is 0 Å². The minimum absolute atomic E-state index is 0.0292. The van der Waals surface area contributed by atoms with E-state index in [4.69, 9.17) is 0 Å². The first kappa shape index (κ1) is 16.6. The first-order valence-corrected chi connectivity index (χ1v) is 9.05. The number of likely N-dealkylation sites (tertiary alicyclic amines) is 1. The molecule has 6 nitrogen and oxygen atoms in total. The monoisotopic (exact) mass is 349 g/mol. The van der Waals surface area contributed by atoms with Crippen molar-refractivity contribution in [1.82, 2.24) is 19.9 Å². The topological polar surface area (TPSA) is 73.9 Å². The van der Waals surface area contributed by atoms with Crippen LogP contribution in [-0.4, -0.2) is 38.8 Å². The zero-order valence-electron chi connectivity index (χ0n) is 15.2. The minimum atomic E-state index is -0.0292. The van der Waals surface area contributed by atoms with Gasteiger partial charge in [0.25, 0.3) is 5.91 Å². The predicted molar refractivity (Wildman–Crippen MR) is 102 cm³/mol. The minimum Gasteiger partial charge on any atom is -0.365 e. The van der Waals surface area contributed by atoms with Gasteiger partial charge in [0.2, 0.25) is 0 Å². The molecule has 0 radical (unpaired) electrons. The molecule has 0 saturated carbocycles. The van der Waals surface area contributed by atoms with Crippen LogP contribution in [0.3, 0.4) is 0 Å². The Morgan fingerprint density at radius 3 is 2.85 bits per heavy atom. The number of hydrogen-bond acceptors (Lipinski definition) is 4. The smallest absolute Gasteiger partial charge is 0.274 e. The summed E-state index contributed by atoms with van der Waals surface area (Å²) in [6.45, 7) is 6.48. The van der Waals surface area contributed by atoms with Gasteiger partial charge in [0.1, 0.15) is 11.5 Å². The van der Waals surface area contributed by atoms with Crippen molar-refractivity contribution in [1.29, 1.82) is 0 Å². The lowest BCUT2D eigenvalue weighted by Crippen LogP contribution is -2.28. The number of aryl methyl sites for hydroxylation is 2. The second-order valence-electron chi connectivity index (χ2n) is 6.90. The third kappa shape index (κ3) is 3.14.